The average Bonchev–Trinajstić information content (AvgIpc) is 2.59. The molecule has 6 nitrogen and oxygen atoms in total. The summed E-state index contributed by atoms with van der Waals surface area (Å²) in [6.07, 6.45) is 2.63. The quantitative estimate of drug-likeness (QED) is 0.676. The molecule has 2 aliphatic rings. The van der Waals surface area contributed by atoms with E-state index in [2.05, 4.69) is 4.98 Å². The second kappa shape index (κ2) is 4.38. The number of aromatic hydroxyl groups is 1. The maximum Gasteiger partial charge on any atom is 0.254 e. The Labute approximate surface area is 109 Å². The van der Waals surface area contributed by atoms with Crippen LogP contribution in [0.15, 0.2) is 16.9 Å². The minimum absolute atomic E-state index is 0.0441. The van der Waals surface area contributed by atoms with E-state index in [4.69, 9.17) is 0 Å². The molecule has 0 saturated carbocycles. The molecular weight excluding hydrogens is 248 g/mol. The fourth-order valence-electron chi connectivity index (χ4n) is 3.28. The summed E-state index contributed by atoms with van der Waals surface area (Å²) in [5.74, 6) is -0.541. The van der Waals surface area contributed by atoms with Gasteiger partial charge >= 0.3 is 0 Å². The molecule has 6 heteroatoms. The zero-order valence-corrected chi connectivity index (χ0v) is 10.4. The molecule has 0 aliphatic carbocycles. The van der Waals surface area contributed by atoms with Crippen molar-refractivity contribution < 1.29 is 15.0 Å². The summed E-state index contributed by atoms with van der Waals surface area (Å²) in [4.78, 5) is 27.7. The maximum atomic E-state index is 12.5. The second-order valence-corrected chi connectivity index (χ2v) is 5.34. The highest BCUT2D eigenvalue weighted by Gasteiger charge is 2.43. The van der Waals surface area contributed by atoms with Gasteiger partial charge in [-0.25, -0.2) is 0 Å². The molecule has 102 valence electrons. The molecule has 2 unspecified atom stereocenters. The maximum absolute atomic E-state index is 12.5. The molecule has 0 aromatic carbocycles. The molecule has 19 heavy (non-hydrogen) atoms. The molecule has 1 aromatic rings. The molecule has 3 N–H and O–H groups in total. The van der Waals surface area contributed by atoms with Crippen molar-refractivity contribution in [3.63, 3.8) is 0 Å². The lowest BCUT2D eigenvalue weighted by Gasteiger charge is -2.37. The van der Waals surface area contributed by atoms with Crippen molar-refractivity contribution in [1.29, 1.82) is 0 Å². The SMILES string of the molecule is O=C(c1cc(O)[nH]c(=O)c1)N1C2CCC1CC(O)C2. The number of nitrogens with one attached hydrogen (secondary N) is 1. The first-order valence-electron chi connectivity index (χ1n) is 6.48. The summed E-state index contributed by atoms with van der Waals surface area (Å²) >= 11 is 0. The molecule has 2 saturated heterocycles. The lowest BCUT2D eigenvalue weighted by Crippen LogP contribution is -2.48. The normalized spacial score (nSPS) is 29.5. The van der Waals surface area contributed by atoms with Crippen LogP contribution in [0, 0.1) is 0 Å². The van der Waals surface area contributed by atoms with Crippen LogP contribution in [0.3, 0.4) is 0 Å². The monoisotopic (exact) mass is 264 g/mol. The van der Waals surface area contributed by atoms with Gasteiger partial charge in [0, 0.05) is 24.2 Å². The number of aromatic amines is 1. The highest BCUT2D eigenvalue weighted by atomic mass is 16.3. The van der Waals surface area contributed by atoms with E-state index in [1.54, 1.807) is 4.90 Å². The van der Waals surface area contributed by atoms with Crippen LogP contribution in [0.25, 0.3) is 0 Å². The Morgan fingerprint density at radius 2 is 1.89 bits per heavy atom. The summed E-state index contributed by atoms with van der Waals surface area (Å²) in [6, 6.07) is 2.56. The Kier molecular flexibility index (Phi) is 2.82. The van der Waals surface area contributed by atoms with E-state index < -0.39 is 5.56 Å². The number of carbonyl (C=O) groups excluding carboxylic acids is 1. The van der Waals surface area contributed by atoms with Gasteiger partial charge in [0.05, 0.1) is 11.7 Å². The fourth-order valence-corrected chi connectivity index (χ4v) is 3.28. The first-order chi connectivity index (χ1) is 9.04. The molecule has 3 heterocycles. The third-order valence-corrected chi connectivity index (χ3v) is 4.02. The van der Waals surface area contributed by atoms with Crippen molar-refractivity contribution in [2.45, 2.75) is 43.9 Å². The second-order valence-electron chi connectivity index (χ2n) is 5.34. The number of pyridine rings is 1. The van der Waals surface area contributed by atoms with Crippen molar-refractivity contribution >= 4 is 5.91 Å². The zero-order valence-electron chi connectivity index (χ0n) is 10.4. The Hall–Kier alpha value is -1.82. The molecule has 2 atom stereocenters. The minimum atomic E-state index is -0.493. The predicted molar refractivity (Wildman–Crippen MR) is 66.9 cm³/mol. The number of hydrogen-bond donors (Lipinski definition) is 3. The number of H-pyrrole nitrogens is 1. The summed E-state index contributed by atoms with van der Waals surface area (Å²) in [5, 5.41) is 19.1. The molecule has 0 radical (unpaired) electrons. The number of fused-ring (bicyclic) bond motifs is 2. The molecule has 0 spiro atoms. The Balaban J connectivity index is 1.90. The minimum Gasteiger partial charge on any atom is -0.494 e. The molecular formula is C13H16N2O4. The van der Waals surface area contributed by atoms with E-state index in [1.165, 1.54) is 12.1 Å². The summed E-state index contributed by atoms with van der Waals surface area (Å²) in [6.45, 7) is 0. The first kappa shape index (κ1) is 12.2. The van der Waals surface area contributed by atoms with Gasteiger partial charge in [0.2, 0.25) is 0 Å². The number of piperidine rings is 1. The van der Waals surface area contributed by atoms with E-state index >= 15 is 0 Å². The van der Waals surface area contributed by atoms with E-state index in [1.807, 2.05) is 0 Å². The van der Waals surface area contributed by atoms with Crippen LogP contribution in [0.2, 0.25) is 0 Å². The van der Waals surface area contributed by atoms with Crippen molar-refractivity contribution in [2.75, 3.05) is 0 Å². The van der Waals surface area contributed by atoms with Gasteiger partial charge < -0.3 is 15.1 Å². The Bertz CT molecular complexity index is 554. The van der Waals surface area contributed by atoms with Crippen LogP contribution in [-0.4, -0.2) is 44.2 Å². The molecule has 2 bridgehead atoms. The van der Waals surface area contributed by atoms with E-state index in [0.717, 1.165) is 12.8 Å². The first-order valence-corrected chi connectivity index (χ1v) is 6.48. The largest absolute Gasteiger partial charge is 0.494 e. The van der Waals surface area contributed by atoms with Crippen LogP contribution in [-0.2, 0) is 0 Å². The van der Waals surface area contributed by atoms with E-state index in [0.29, 0.717) is 12.8 Å². The number of amides is 1. The number of nitrogens with zero attached hydrogens (tertiary/aromatic N) is 1. The summed E-state index contributed by atoms with van der Waals surface area (Å²) < 4.78 is 0. The highest BCUT2D eigenvalue weighted by Crippen LogP contribution is 2.36. The predicted octanol–water partition coefficient (Wildman–Crippen LogP) is 0.208. The van der Waals surface area contributed by atoms with Crippen LogP contribution in [0.4, 0.5) is 0 Å². The van der Waals surface area contributed by atoms with Crippen molar-refractivity contribution in [3.8, 4) is 5.88 Å². The Morgan fingerprint density at radius 1 is 1.26 bits per heavy atom. The van der Waals surface area contributed by atoms with Crippen LogP contribution in [0.5, 0.6) is 5.88 Å². The third-order valence-electron chi connectivity index (χ3n) is 4.02. The van der Waals surface area contributed by atoms with Crippen molar-refractivity contribution in [2.24, 2.45) is 0 Å². The van der Waals surface area contributed by atoms with Gasteiger partial charge in [-0.1, -0.05) is 0 Å². The van der Waals surface area contributed by atoms with Gasteiger partial charge in [0.15, 0.2) is 5.88 Å². The van der Waals surface area contributed by atoms with Gasteiger partial charge in [-0.2, -0.15) is 0 Å². The van der Waals surface area contributed by atoms with Gasteiger partial charge in [-0.15, -0.1) is 0 Å². The summed E-state index contributed by atoms with van der Waals surface area (Å²) in [5.41, 5.74) is -0.290. The third kappa shape index (κ3) is 2.12. The van der Waals surface area contributed by atoms with Gasteiger partial charge in [-0.3, -0.25) is 14.6 Å². The Morgan fingerprint density at radius 3 is 2.47 bits per heavy atom. The molecule has 1 aromatic heterocycles. The lowest BCUT2D eigenvalue weighted by molar-refractivity contribution is 0.0286. The van der Waals surface area contributed by atoms with Crippen molar-refractivity contribution in [3.05, 3.63) is 28.0 Å². The number of aliphatic hydroxyl groups excluding tert-OH is 1. The number of hydrogen-bond acceptors (Lipinski definition) is 4. The summed E-state index contributed by atoms with van der Waals surface area (Å²) in [7, 11) is 0. The van der Waals surface area contributed by atoms with Gasteiger partial charge in [-0.05, 0) is 25.7 Å². The van der Waals surface area contributed by atoms with Crippen molar-refractivity contribution in [1.82, 2.24) is 9.88 Å². The van der Waals surface area contributed by atoms with Gasteiger partial charge in [0.25, 0.3) is 11.5 Å². The standard InChI is InChI=1S/C13H16N2O4/c16-10-5-8-1-2-9(6-10)15(8)13(19)7-3-11(17)14-12(18)4-7/h3-4,8-10,16H,1-2,5-6H2,(H2,14,17,18). The smallest absolute Gasteiger partial charge is 0.254 e. The topological polar surface area (TPSA) is 93.6 Å². The van der Waals surface area contributed by atoms with Crippen LogP contribution in [0.1, 0.15) is 36.0 Å². The highest BCUT2D eigenvalue weighted by molar-refractivity contribution is 5.95. The fraction of sp³-hybridized carbons (Fsp3) is 0.538. The van der Waals surface area contributed by atoms with E-state index in [9.17, 15) is 19.8 Å². The molecule has 3 rings (SSSR count). The van der Waals surface area contributed by atoms with Gasteiger partial charge in [0.1, 0.15) is 0 Å². The van der Waals surface area contributed by atoms with E-state index in [-0.39, 0.29) is 35.5 Å². The number of aliphatic hydroxyl groups is 1. The van der Waals surface area contributed by atoms with Crippen LogP contribution >= 0.6 is 0 Å². The number of rotatable bonds is 1. The number of aromatic nitrogens is 1. The molecule has 2 aliphatic heterocycles. The average molecular weight is 264 g/mol. The lowest BCUT2D eigenvalue weighted by atomic mass is 9.99. The molecule has 1 amide bonds. The molecule has 2 fully saturated rings. The zero-order chi connectivity index (χ0) is 13.6. The van der Waals surface area contributed by atoms with Crippen LogP contribution < -0.4 is 5.56 Å². The number of carbonyl (C=O) groups is 1.